The molecule has 4 heterocycles. The van der Waals surface area contributed by atoms with Gasteiger partial charge in [-0.25, -0.2) is 23.1 Å². The quantitative estimate of drug-likeness (QED) is 0.107. The van der Waals surface area contributed by atoms with E-state index in [-0.39, 0.29) is 28.0 Å². The van der Waals surface area contributed by atoms with Crippen LogP contribution in [0.25, 0.3) is 32.0 Å². The van der Waals surface area contributed by atoms with Gasteiger partial charge >= 0.3 is 6.18 Å². The number of nitrogens with one attached hydrogen (secondary N) is 2. The summed E-state index contributed by atoms with van der Waals surface area (Å²) in [5.74, 6) is -11.6. The Hall–Kier alpha value is -5.98. The van der Waals surface area contributed by atoms with Gasteiger partial charge in [0.2, 0.25) is 5.91 Å². The molecule has 0 saturated heterocycles. The molecule has 0 spiro atoms. The Morgan fingerprint density at radius 3 is 2.43 bits per heavy atom. The molecule has 0 bridgehead atoms. The van der Waals surface area contributed by atoms with E-state index in [9.17, 15) is 35.9 Å². The van der Waals surface area contributed by atoms with Crippen LogP contribution in [0.3, 0.4) is 0 Å². The lowest BCUT2D eigenvalue weighted by Gasteiger charge is -2.27. The average Bonchev–Trinajstić information content (AvgIpc) is 3.83. The molecule has 0 saturated carbocycles. The minimum atomic E-state index is -5.11. The van der Waals surface area contributed by atoms with Gasteiger partial charge in [-0.15, -0.1) is 11.3 Å². The number of pyridine rings is 1. The summed E-state index contributed by atoms with van der Waals surface area (Å²) in [4.78, 5) is 35.1. The third-order valence-corrected chi connectivity index (χ3v) is 10.3. The SMILES string of the molecule is NC(=O)c1cc(-c2cc3sc(-c4cn[nH]c4)nc3nc2[C@H](Cc2cc(F)cc(F)c2)NC(=O)Cn2nc(C(F)(F)F)c3c2C(F)(F)[C@@H]2C=C[C@H]32)ccc1F. The van der Waals surface area contributed by atoms with Crippen molar-refractivity contribution in [3.05, 3.63) is 118 Å². The Bertz CT molecular complexity index is 2510. The second-order valence-corrected chi connectivity index (χ2v) is 13.8. The molecule has 0 unspecified atom stereocenters. The van der Waals surface area contributed by atoms with E-state index in [1.54, 1.807) is 12.3 Å². The Kier molecular flexibility index (Phi) is 8.16. The third kappa shape index (κ3) is 5.97. The molecule has 0 aliphatic heterocycles. The number of allylic oxidation sites excluding steroid dienone is 2. The van der Waals surface area contributed by atoms with Crippen LogP contribution in [0.2, 0.25) is 0 Å². The molecule has 2 aliphatic carbocycles. The van der Waals surface area contributed by atoms with Gasteiger partial charge < -0.3 is 11.1 Å². The third-order valence-electron chi connectivity index (χ3n) is 9.26. The zero-order valence-corrected chi connectivity index (χ0v) is 27.9. The van der Waals surface area contributed by atoms with Crippen LogP contribution in [0, 0.1) is 23.4 Å². The van der Waals surface area contributed by atoms with Crippen LogP contribution in [-0.2, 0) is 29.9 Å². The smallest absolute Gasteiger partial charge is 0.366 e. The van der Waals surface area contributed by atoms with Crippen molar-refractivity contribution in [2.75, 3.05) is 0 Å². The summed E-state index contributed by atoms with van der Waals surface area (Å²) in [6.07, 6.45) is -0.117. The molecule has 3 atom stereocenters. The van der Waals surface area contributed by atoms with Gasteiger partial charge in [-0.3, -0.25) is 19.4 Å². The number of aromatic amines is 1. The molecule has 276 valence electrons. The molecule has 4 aromatic heterocycles. The number of amides is 2. The van der Waals surface area contributed by atoms with Crippen molar-refractivity contribution in [2.45, 2.75) is 37.0 Å². The van der Waals surface area contributed by atoms with Gasteiger partial charge in [0.15, 0.2) is 11.3 Å². The summed E-state index contributed by atoms with van der Waals surface area (Å²) in [7, 11) is 0. The maximum Gasteiger partial charge on any atom is 0.435 e. The number of H-pyrrole nitrogens is 1. The van der Waals surface area contributed by atoms with E-state index in [1.165, 1.54) is 29.7 Å². The highest BCUT2D eigenvalue weighted by atomic mass is 32.1. The molecule has 0 fully saturated rings. The number of hydrogen-bond acceptors (Lipinski definition) is 7. The zero-order chi connectivity index (χ0) is 38.3. The van der Waals surface area contributed by atoms with Crippen molar-refractivity contribution in [3.8, 4) is 21.7 Å². The highest BCUT2D eigenvalue weighted by molar-refractivity contribution is 7.21. The van der Waals surface area contributed by atoms with Crippen LogP contribution in [0.15, 0.2) is 67.0 Å². The topological polar surface area (TPSA) is 144 Å². The monoisotopic (exact) mass is 770 g/mol. The zero-order valence-electron chi connectivity index (χ0n) is 27.1. The predicted molar refractivity (Wildman–Crippen MR) is 176 cm³/mol. The Labute approximate surface area is 301 Å². The first kappa shape index (κ1) is 35.1. The number of thiazole rings is 1. The summed E-state index contributed by atoms with van der Waals surface area (Å²) >= 11 is 1.18. The Morgan fingerprint density at radius 2 is 1.78 bits per heavy atom. The van der Waals surface area contributed by atoms with Gasteiger partial charge in [0.25, 0.3) is 11.8 Å². The normalized spacial score (nSPS) is 17.6. The van der Waals surface area contributed by atoms with E-state index < -0.39 is 94.7 Å². The summed E-state index contributed by atoms with van der Waals surface area (Å²) in [5, 5.41) is 13.0. The Balaban J connectivity index is 1.26. The summed E-state index contributed by atoms with van der Waals surface area (Å²) in [5.41, 5.74) is 2.61. The fraction of sp³-hybridized carbons (Fsp3) is 0.200. The van der Waals surface area contributed by atoms with Gasteiger partial charge in [0.05, 0.1) is 34.1 Å². The number of carbonyl (C=O) groups is 2. The number of primary amides is 1. The molecule has 4 N–H and O–H groups in total. The lowest BCUT2D eigenvalue weighted by atomic mass is 9.81. The fourth-order valence-corrected chi connectivity index (χ4v) is 7.81. The highest BCUT2D eigenvalue weighted by Crippen LogP contribution is 2.60. The summed E-state index contributed by atoms with van der Waals surface area (Å²) in [6, 6.07) is 6.15. The first-order chi connectivity index (χ1) is 25.6. The van der Waals surface area contributed by atoms with Gasteiger partial charge in [-0.2, -0.15) is 32.1 Å². The van der Waals surface area contributed by atoms with Gasteiger partial charge in [-0.1, -0.05) is 18.2 Å². The second kappa shape index (κ2) is 12.6. The minimum Gasteiger partial charge on any atom is -0.366 e. The number of benzene rings is 2. The molecule has 2 aromatic carbocycles. The molecule has 6 aromatic rings. The number of hydrogen-bond donors (Lipinski definition) is 3. The predicted octanol–water partition coefficient (Wildman–Crippen LogP) is 6.96. The van der Waals surface area contributed by atoms with E-state index in [1.807, 2.05) is 0 Å². The standard InChI is InChI=1S/C35H22F8N8O2S/c36-17-5-14(6-18(37)9-17)7-24(47-26(52)13-51-30-27(29(50-51)35(41,42)43)19-2-3-22(19)34(30,39)40)28-20(15-1-4-23(38)21(8-15)31(44)53)10-25-32(48-28)49-33(54-25)16-11-45-46-12-16/h1-6,8-12,19,22,24H,7,13H2,(H2,44,53)(H,45,46)(H,47,52)/t19-,22+,24-/m0/s1. The van der Waals surface area contributed by atoms with E-state index in [0.717, 1.165) is 30.3 Å². The van der Waals surface area contributed by atoms with Crippen molar-refractivity contribution in [1.82, 2.24) is 35.3 Å². The fourth-order valence-electron chi connectivity index (χ4n) is 6.88. The van der Waals surface area contributed by atoms with Crippen molar-refractivity contribution in [3.63, 3.8) is 0 Å². The lowest BCUT2D eigenvalue weighted by Crippen LogP contribution is -2.36. The number of alkyl halides is 5. The van der Waals surface area contributed by atoms with Crippen molar-refractivity contribution < 1.29 is 44.7 Å². The van der Waals surface area contributed by atoms with E-state index in [0.29, 0.717) is 26.0 Å². The summed E-state index contributed by atoms with van der Waals surface area (Å²) in [6.45, 7) is -1.11. The Morgan fingerprint density at radius 1 is 1.02 bits per heavy atom. The second-order valence-electron chi connectivity index (χ2n) is 12.7. The molecule has 8 rings (SSSR count). The van der Waals surface area contributed by atoms with E-state index in [2.05, 4.69) is 30.6 Å². The van der Waals surface area contributed by atoms with Crippen molar-refractivity contribution in [1.29, 1.82) is 0 Å². The first-order valence-corrected chi connectivity index (χ1v) is 16.8. The van der Waals surface area contributed by atoms with Gasteiger partial charge in [0, 0.05) is 34.9 Å². The first-order valence-electron chi connectivity index (χ1n) is 16.0. The number of nitrogens with zero attached hydrogens (tertiary/aromatic N) is 5. The van der Waals surface area contributed by atoms with Crippen LogP contribution in [0.1, 0.15) is 50.5 Å². The molecular weight excluding hydrogens is 748 g/mol. The number of halogens is 8. The van der Waals surface area contributed by atoms with Crippen LogP contribution >= 0.6 is 11.3 Å². The lowest BCUT2D eigenvalue weighted by molar-refractivity contribution is -0.142. The molecule has 2 amide bonds. The molecule has 19 heteroatoms. The number of rotatable bonds is 9. The molecule has 10 nitrogen and oxygen atoms in total. The van der Waals surface area contributed by atoms with E-state index in [4.69, 9.17) is 5.73 Å². The maximum atomic E-state index is 15.5. The van der Waals surface area contributed by atoms with Crippen LogP contribution in [-0.4, -0.2) is 41.8 Å². The van der Waals surface area contributed by atoms with E-state index >= 15 is 8.78 Å². The molecular formula is C35H22F8N8O2S. The summed E-state index contributed by atoms with van der Waals surface area (Å²) < 4.78 is 117. The highest BCUT2D eigenvalue weighted by Gasteiger charge is 2.61. The van der Waals surface area contributed by atoms with Gasteiger partial charge in [-0.05, 0) is 47.9 Å². The van der Waals surface area contributed by atoms with Crippen LogP contribution < -0.4 is 11.1 Å². The van der Waals surface area contributed by atoms with Crippen molar-refractivity contribution >= 4 is 33.5 Å². The number of aromatic nitrogens is 6. The average molecular weight is 771 g/mol. The number of carbonyl (C=O) groups excluding carboxylic acids is 2. The number of fused-ring (bicyclic) bond motifs is 4. The van der Waals surface area contributed by atoms with Gasteiger partial charge in [0.1, 0.15) is 34.7 Å². The molecule has 54 heavy (non-hydrogen) atoms. The van der Waals surface area contributed by atoms with Crippen molar-refractivity contribution in [2.24, 2.45) is 11.7 Å². The number of nitrogens with two attached hydrogens (primary N) is 1. The van der Waals surface area contributed by atoms with Crippen LogP contribution in [0.5, 0.6) is 0 Å². The molecule has 0 radical (unpaired) electrons. The van der Waals surface area contributed by atoms with Crippen LogP contribution in [0.4, 0.5) is 35.1 Å². The largest absolute Gasteiger partial charge is 0.435 e. The molecule has 2 aliphatic rings. The maximum absolute atomic E-state index is 15.5. The minimum absolute atomic E-state index is 0.00605.